The Bertz CT molecular complexity index is 342. The number of nitrogens with one attached hydrogen (secondary N) is 1. The van der Waals surface area contributed by atoms with Crippen LogP contribution in [0.1, 0.15) is 54.4 Å². The fourth-order valence-electron chi connectivity index (χ4n) is 2.95. The molecule has 4 heteroatoms. The first-order valence-electron chi connectivity index (χ1n) is 8.29. The number of carbonyl (C=O) groups is 1. The number of ether oxygens (including phenoxy) is 1. The minimum Gasteiger partial charge on any atom is -0.385 e. The number of hydrogen-bond acceptors (Lipinski definition) is 3. The third-order valence-corrected chi connectivity index (χ3v) is 4.66. The topological polar surface area (TPSA) is 41.6 Å². The monoisotopic (exact) mass is 298 g/mol. The number of nitrogens with zero attached hydrogens (tertiary/aromatic N) is 1. The molecular formula is C17H34N2O2. The highest BCUT2D eigenvalue weighted by atomic mass is 16.5. The van der Waals surface area contributed by atoms with E-state index in [2.05, 4.69) is 51.8 Å². The number of rotatable bonds is 8. The van der Waals surface area contributed by atoms with Crippen LogP contribution >= 0.6 is 0 Å². The first-order valence-corrected chi connectivity index (χ1v) is 8.29. The second kappa shape index (κ2) is 7.59. The molecule has 1 fully saturated rings. The van der Waals surface area contributed by atoms with E-state index in [1.54, 1.807) is 7.11 Å². The molecule has 0 saturated carbocycles. The molecule has 3 atom stereocenters. The van der Waals surface area contributed by atoms with Crippen molar-refractivity contribution in [3.8, 4) is 0 Å². The number of methoxy groups -OCH3 is 1. The Labute approximate surface area is 130 Å². The van der Waals surface area contributed by atoms with Crippen LogP contribution in [0.2, 0.25) is 0 Å². The van der Waals surface area contributed by atoms with Crippen molar-refractivity contribution in [2.45, 2.75) is 66.6 Å². The van der Waals surface area contributed by atoms with Gasteiger partial charge >= 0.3 is 0 Å². The van der Waals surface area contributed by atoms with E-state index < -0.39 is 0 Å². The molecule has 1 N–H and O–H groups in total. The second-order valence-electron chi connectivity index (χ2n) is 7.59. The van der Waals surface area contributed by atoms with Gasteiger partial charge in [-0.25, -0.2) is 0 Å². The van der Waals surface area contributed by atoms with Crippen LogP contribution in [0.4, 0.5) is 0 Å². The van der Waals surface area contributed by atoms with Crippen molar-refractivity contribution in [2.75, 3.05) is 20.3 Å². The Morgan fingerprint density at radius 3 is 2.43 bits per heavy atom. The predicted molar refractivity (Wildman–Crippen MR) is 87.0 cm³/mol. The van der Waals surface area contributed by atoms with Gasteiger partial charge in [-0.1, -0.05) is 48.0 Å². The van der Waals surface area contributed by atoms with Crippen LogP contribution in [0.25, 0.3) is 0 Å². The SMILES string of the molecule is CCC(C)C1NC(C(C)C)N(CC(C)(C)CCOC)C1=O. The molecule has 1 aliphatic heterocycles. The van der Waals surface area contributed by atoms with Gasteiger partial charge in [0.2, 0.25) is 5.91 Å². The molecular weight excluding hydrogens is 264 g/mol. The third-order valence-electron chi connectivity index (χ3n) is 4.66. The van der Waals surface area contributed by atoms with Gasteiger partial charge in [0.15, 0.2) is 0 Å². The highest BCUT2D eigenvalue weighted by Gasteiger charge is 2.43. The number of hydrogen-bond donors (Lipinski definition) is 1. The zero-order valence-electron chi connectivity index (χ0n) is 14.9. The molecule has 1 rings (SSSR count). The molecule has 0 radical (unpaired) electrons. The Hall–Kier alpha value is -0.610. The summed E-state index contributed by atoms with van der Waals surface area (Å²) in [6.45, 7) is 14.6. The Kier molecular flexibility index (Phi) is 6.67. The van der Waals surface area contributed by atoms with Crippen LogP contribution in [0.15, 0.2) is 0 Å². The highest BCUT2D eigenvalue weighted by molar-refractivity contribution is 5.84. The Morgan fingerprint density at radius 2 is 1.95 bits per heavy atom. The molecule has 1 amide bonds. The molecule has 124 valence electrons. The van der Waals surface area contributed by atoms with Crippen molar-refractivity contribution < 1.29 is 9.53 Å². The maximum absolute atomic E-state index is 12.8. The van der Waals surface area contributed by atoms with Gasteiger partial charge in [0.05, 0.1) is 12.2 Å². The molecule has 4 nitrogen and oxygen atoms in total. The van der Waals surface area contributed by atoms with Gasteiger partial charge in [-0.2, -0.15) is 0 Å². The molecule has 1 aliphatic rings. The second-order valence-corrected chi connectivity index (χ2v) is 7.59. The predicted octanol–water partition coefficient (Wildman–Crippen LogP) is 2.88. The summed E-state index contributed by atoms with van der Waals surface area (Å²) in [6, 6.07) is -0.0272. The van der Waals surface area contributed by atoms with E-state index in [0.717, 1.165) is 26.0 Å². The van der Waals surface area contributed by atoms with Crippen molar-refractivity contribution in [2.24, 2.45) is 17.3 Å². The molecule has 1 saturated heterocycles. The average Bonchev–Trinajstić information content (AvgIpc) is 2.73. The van der Waals surface area contributed by atoms with Crippen LogP contribution in [0, 0.1) is 17.3 Å². The summed E-state index contributed by atoms with van der Waals surface area (Å²) in [6.07, 6.45) is 2.14. The third kappa shape index (κ3) is 4.68. The van der Waals surface area contributed by atoms with Crippen molar-refractivity contribution in [1.82, 2.24) is 10.2 Å². The smallest absolute Gasteiger partial charge is 0.241 e. The minimum absolute atomic E-state index is 0.0272. The van der Waals surface area contributed by atoms with Crippen LogP contribution in [-0.4, -0.2) is 43.3 Å². The quantitative estimate of drug-likeness (QED) is 0.749. The van der Waals surface area contributed by atoms with Gasteiger partial charge in [-0.05, 0) is 23.7 Å². The van der Waals surface area contributed by atoms with E-state index in [1.165, 1.54) is 0 Å². The van der Waals surface area contributed by atoms with Gasteiger partial charge in [-0.3, -0.25) is 10.1 Å². The van der Waals surface area contributed by atoms with E-state index in [0.29, 0.717) is 11.8 Å². The minimum atomic E-state index is -0.0272. The molecule has 0 bridgehead atoms. The number of amides is 1. The molecule has 0 aliphatic carbocycles. The maximum Gasteiger partial charge on any atom is 0.241 e. The van der Waals surface area contributed by atoms with Crippen molar-refractivity contribution >= 4 is 5.91 Å². The van der Waals surface area contributed by atoms with Crippen LogP contribution < -0.4 is 5.32 Å². The molecule has 21 heavy (non-hydrogen) atoms. The largest absolute Gasteiger partial charge is 0.385 e. The standard InChI is InChI=1S/C17H34N2O2/c1-8-13(4)14-16(20)19(15(18-14)12(2)3)11-17(5,6)9-10-21-7/h12-15,18H,8-11H2,1-7H3. The first kappa shape index (κ1) is 18.4. The van der Waals surface area contributed by atoms with Gasteiger partial charge in [-0.15, -0.1) is 0 Å². The molecule has 0 aromatic heterocycles. The molecule has 0 aromatic carbocycles. The van der Waals surface area contributed by atoms with Crippen molar-refractivity contribution in [3.05, 3.63) is 0 Å². The number of carbonyl (C=O) groups excluding carboxylic acids is 1. The Morgan fingerprint density at radius 1 is 1.33 bits per heavy atom. The normalized spacial score (nSPS) is 25.0. The fraction of sp³-hybridized carbons (Fsp3) is 0.941. The lowest BCUT2D eigenvalue weighted by molar-refractivity contribution is -0.132. The van der Waals surface area contributed by atoms with Crippen LogP contribution in [-0.2, 0) is 9.53 Å². The summed E-state index contributed by atoms with van der Waals surface area (Å²) in [5.41, 5.74) is 0.0742. The maximum atomic E-state index is 12.8. The highest BCUT2D eigenvalue weighted by Crippen LogP contribution is 2.29. The van der Waals surface area contributed by atoms with E-state index in [9.17, 15) is 4.79 Å². The van der Waals surface area contributed by atoms with Gasteiger partial charge in [0.25, 0.3) is 0 Å². The average molecular weight is 298 g/mol. The summed E-state index contributed by atoms with van der Waals surface area (Å²) < 4.78 is 5.20. The summed E-state index contributed by atoms with van der Waals surface area (Å²) >= 11 is 0. The summed E-state index contributed by atoms with van der Waals surface area (Å²) in [5, 5.41) is 3.56. The summed E-state index contributed by atoms with van der Waals surface area (Å²) in [5.74, 6) is 1.07. The van der Waals surface area contributed by atoms with E-state index in [1.807, 2.05) is 0 Å². The van der Waals surface area contributed by atoms with Gasteiger partial charge in [0.1, 0.15) is 0 Å². The van der Waals surface area contributed by atoms with E-state index in [-0.39, 0.29) is 23.5 Å². The van der Waals surface area contributed by atoms with Gasteiger partial charge in [0, 0.05) is 20.3 Å². The molecule has 3 unspecified atom stereocenters. The van der Waals surface area contributed by atoms with Gasteiger partial charge < -0.3 is 9.64 Å². The van der Waals surface area contributed by atoms with Crippen LogP contribution in [0.5, 0.6) is 0 Å². The molecule has 1 heterocycles. The lowest BCUT2D eigenvalue weighted by Crippen LogP contribution is -2.46. The first-order chi connectivity index (χ1) is 9.73. The molecule has 0 spiro atoms. The lowest BCUT2D eigenvalue weighted by Gasteiger charge is -2.35. The summed E-state index contributed by atoms with van der Waals surface area (Å²) in [4.78, 5) is 14.9. The zero-order chi connectivity index (χ0) is 16.2. The van der Waals surface area contributed by atoms with E-state index >= 15 is 0 Å². The van der Waals surface area contributed by atoms with Crippen molar-refractivity contribution in [3.63, 3.8) is 0 Å². The zero-order valence-corrected chi connectivity index (χ0v) is 14.9. The molecule has 0 aromatic rings. The summed E-state index contributed by atoms with van der Waals surface area (Å²) in [7, 11) is 1.73. The lowest BCUT2D eigenvalue weighted by atomic mass is 9.88. The Balaban J connectivity index is 2.83. The van der Waals surface area contributed by atoms with Crippen molar-refractivity contribution in [1.29, 1.82) is 0 Å². The van der Waals surface area contributed by atoms with E-state index in [4.69, 9.17) is 4.74 Å². The fourth-order valence-corrected chi connectivity index (χ4v) is 2.95. The van der Waals surface area contributed by atoms with Crippen LogP contribution in [0.3, 0.4) is 0 Å².